The molecule has 2 fully saturated rings. The molecule has 0 spiro atoms. The zero-order valence-electron chi connectivity index (χ0n) is 21.8. The summed E-state index contributed by atoms with van der Waals surface area (Å²) in [5.74, 6) is -1.33. The number of carbonyl (C=O) groups excluding carboxylic acids is 2. The summed E-state index contributed by atoms with van der Waals surface area (Å²) >= 11 is 0. The van der Waals surface area contributed by atoms with Crippen LogP contribution in [0.15, 0.2) is 42.5 Å². The minimum absolute atomic E-state index is 0.0314. The number of aliphatic hydroxyl groups excluding tert-OH is 1. The molecule has 4 rings (SSSR count). The maximum atomic E-state index is 14.6. The van der Waals surface area contributed by atoms with E-state index in [2.05, 4.69) is 10.6 Å². The van der Waals surface area contributed by atoms with Gasteiger partial charge in [0.15, 0.2) is 0 Å². The molecule has 4 N–H and O–H groups in total. The maximum absolute atomic E-state index is 14.6. The van der Waals surface area contributed by atoms with Crippen molar-refractivity contribution in [3.8, 4) is 0 Å². The third-order valence-electron chi connectivity index (χ3n) is 7.09. The minimum atomic E-state index is -5.97. The van der Waals surface area contributed by atoms with Gasteiger partial charge in [-0.1, -0.05) is 24.3 Å². The molecule has 0 aliphatic carbocycles. The third kappa shape index (κ3) is 6.61. The van der Waals surface area contributed by atoms with Crippen molar-refractivity contribution in [2.24, 2.45) is 0 Å². The number of piperazine rings is 1. The highest BCUT2D eigenvalue weighted by Gasteiger charge is 2.71. The van der Waals surface area contributed by atoms with Crippen molar-refractivity contribution < 1.29 is 55.3 Å². The van der Waals surface area contributed by atoms with E-state index >= 15 is 0 Å². The number of halogens is 7. The molecule has 0 unspecified atom stereocenters. The Balaban J connectivity index is 1.30. The molecule has 2 atom stereocenters. The van der Waals surface area contributed by atoms with Crippen molar-refractivity contribution in [3.05, 3.63) is 65.0 Å². The highest BCUT2D eigenvalue weighted by atomic mass is 19.4. The van der Waals surface area contributed by atoms with Gasteiger partial charge in [-0.3, -0.25) is 9.69 Å². The van der Waals surface area contributed by atoms with E-state index in [4.69, 9.17) is 4.74 Å². The molecule has 0 bridgehead atoms. The SMILES string of the molecule is O=C(Nc1ccc(C(=O)N2CCN(Cc3ccc(C(O)(C(F)(F)F)C(F)(F)F)cc3)CC2)cc1F)N[C@@H]1COC[C@@H]1O. The van der Waals surface area contributed by atoms with Crippen LogP contribution in [0.4, 0.5) is 41.2 Å². The summed E-state index contributed by atoms with van der Waals surface area (Å²) in [7, 11) is 0. The van der Waals surface area contributed by atoms with Crippen LogP contribution < -0.4 is 10.6 Å². The first-order chi connectivity index (χ1) is 19.6. The Kier molecular flexibility index (Phi) is 9.01. The summed E-state index contributed by atoms with van der Waals surface area (Å²) < 4.78 is 98.2. The zero-order chi connectivity index (χ0) is 30.9. The average molecular weight is 609 g/mol. The van der Waals surface area contributed by atoms with E-state index in [-0.39, 0.29) is 44.1 Å². The molecule has 230 valence electrons. The molecular formula is C26H27F7N4O5. The quantitative estimate of drug-likeness (QED) is 0.375. The number of ether oxygens (including phenoxy) is 1. The zero-order valence-corrected chi connectivity index (χ0v) is 21.8. The average Bonchev–Trinajstić information content (AvgIpc) is 3.32. The Morgan fingerprint density at radius 3 is 2.07 bits per heavy atom. The van der Waals surface area contributed by atoms with Crippen LogP contribution in [0.2, 0.25) is 0 Å². The monoisotopic (exact) mass is 608 g/mol. The van der Waals surface area contributed by atoms with Gasteiger partial charge in [-0.05, 0) is 23.8 Å². The predicted molar refractivity (Wildman–Crippen MR) is 133 cm³/mol. The number of anilines is 1. The van der Waals surface area contributed by atoms with Crippen molar-refractivity contribution >= 4 is 17.6 Å². The topological polar surface area (TPSA) is 114 Å². The van der Waals surface area contributed by atoms with Gasteiger partial charge >= 0.3 is 18.4 Å². The summed E-state index contributed by atoms with van der Waals surface area (Å²) in [5.41, 5.74) is -6.10. The molecule has 2 aliphatic heterocycles. The maximum Gasteiger partial charge on any atom is 0.430 e. The fourth-order valence-electron chi connectivity index (χ4n) is 4.65. The highest BCUT2D eigenvalue weighted by molar-refractivity contribution is 5.95. The predicted octanol–water partition coefficient (Wildman–Crippen LogP) is 2.98. The Hall–Kier alpha value is -3.47. The van der Waals surface area contributed by atoms with Crippen molar-refractivity contribution in [2.45, 2.75) is 36.6 Å². The van der Waals surface area contributed by atoms with Crippen LogP contribution in [0, 0.1) is 5.82 Å². The van der Waals surface area contributed by atoms with Crippen LogP contribution in [0.1, 0.15) is 21.5 Å². The molecular weight excluding hydrogens is 581 g/mol. The van der Waals surface area contributed by atoms with Crippen LogP contribution >= 0.6 is 0 Å². The molecule has 0 aromatic heterocycles. The fourth-order valence-corrected chi connectivity index (χ4v) is 4.65. The first-order valence-electron chi connectivity index (χ1n) is 12.7. The number of hydrogen-bond acceptors (Lipinski definition) is 6. The number of carbonyl (C=O) groups is 2. The lowest BCUT2D eigenvalue weighted by atomic mass is 9.91. The Morgan fingerprint density at radius 1 is 0.929 bits per heavy atom. The van der Waals surface area contributed by atoms with Crippen molar-refractivity contribution in [1.29, 1.82) is 0 Å². The molecule has 16 heteroatoms. The molecule has 2 aromatic rings. The lowest BCUT2D eigenvalue weighted by molar-refractivity contribution is -0.376. The molecule has 0 radical (unpaired) electrons. The number of alkyl halides is 6. The summed E-state index contributed by atoms with van der Waals surface area (Å²) in [6, 6.07) is 5.44. The first kappa shape index (κ1) is 31.5. The van der Waals surface area contributed by atoms with Crippen LogP contribution in [-0.2, 0) is 16.9 Å². The molecule has 0 saturated carbocycles. The number of rotatable bonds is 6. The normalized spacial score (nSPS) is 20.5. The number of amides is 3. The van der Waals surface area contributed by atoms with E-state index in [1.807, 2.05) is 4.90 Å². The van der Waals surface area contributed by atoms with Gasteiger partial charge in [-0.15, -0.1) is 0 Å². The standard InChI is InChI=1S/C26H27F7N4O5/c27-18-11-16(3-6-19(18)34-23(40)35-20-13-42-14-21(20)38)22(39)37-9-7-36(8-10-37)12-15-1-4-17(5-2-15)24(41,25(28,29)30)26(31,32)33/h1-6,11,20-21,38,41H,7-10,12-14H2,(H2,34,35,40)/t20-,21+/m1/s1. The smallest absolute Gasteiger partial charge is 0.388 e. The molecule has 2 aliphatic rings. The van der Waals surface area contributed by atoms with Gasteiger partial charge in [0.1, 0.15) is 5.82 Å². The van der Waals surface area contributed by atoms with Crippen LogP contribution in [0.3, 0.4) is 0 Å². The van der Waals surface area contributed by atoms with Gasteiger partial charge in [0.05, 0.1) is 31.0 Å². The number of nitrogens with zero attached hydrogens (tertiary/aromatic N) is 2. The van der Waals surface area contributed by atoms with Gasteiger partial charge < -0.3 is 30.5 Å². The van der Waals surface area contributed by atoms with E-state index in [1.54, 1.807) is 0 Å². The molecule has 42 heavy (non-hydrogen) atoms. The van der Waals surface area contributed by atoms with Gasteiger partial charge in [0, 0.05) is 43.9 Å². The first-order valence-corrected chi connectivity index (χ1v) is 12.7. The fraction of sp³-hybridized carbons (Fsp3) is 0.462. The van der Waals surface area contributed by atoms with Gasteiger partial charge in [0.2, 0.25) is 0 Å². The number of hydrogen-bond donors (Lipinski definition) is 4. The van der Waals surface area contributed by atoms with Crippen LogP contribution in [0.25, 0.3) is 0 Å². The van der Waals surface area contributed by atoms with Gasteiger partial charge in [-0.25, -0.2) is 9.18 Å². The summed E-state index contributed by atoms with van der Waals surface area (Å²) in [4.78, 5) is 28.3. The number of benzene rings is 2. The largest absolute Gasteiger partial charge is 0.430 e. The van der Waals surface area contributed by atoms with E-state index in [9.17, 15) is 50.5 Å². The van der Waals surface area contributed by atoms with E-state index < -0.39 is 53.4 Å². The molecule has 2 aromatic carbocycles. The van der Waals surface area contributed by atoms with Crippen molar-refractivity contribution in [1.82, 2.24) is 15.1 Å². The molecule has 9 nitrogen and oxygen atoms in total. The number of aliphatic hydroxyl groups is 2. The van der Waals surface area contributed by atoms with E-state index in [0.29, 0.717) is 30.8 Å². The minimum Gasteiger partial charge on any atom is -0.388 e. The number of nitrogens with one attached hydrogen (secondary N) is 2. The lowest BCUT2D eigenvalue weighted by Gasteiger charge is -2.35. The van der Waals surface area contributed by atoms with E-state index in [0.717, 1.165) is 18.2 Å². The van der Waals surface area contributed by atoms with E-state index in [1.165, 1.54) is 17.0 Å². The summed E-state index contributed by atoms with van der Waals surface area (Å²) in [6.45, 7) is 1.42. The number of urea groups is 1. The van der Waals surface area contributed by atoms with Gasteiger partial charge in [-0.2, -0.15) is 26.3 Å². The van der Waals surface area contributed by atoms with Crippen LogP contribution in [-0.4, -0.2) is 95.8 Å². The van der Waals surface area contributed by atoms with Crippen LogP contribution in [0.5, 0.6) is 0 Å². The Morgan fingerprint density at radius 2 is 1.55 bits per heavy atom. The Bertz CT molecular complexity index is 1270. The lowest BCUT2D eigenvalue weighted by Crippen LogP contribution is -2.53. The second-order valence-corrected chi connectivity index (χ2v) is 9.98. The Labute approximate surface area is 234 Å². The molecule has 3 amide bonds. The van der Waals surface area contributed by atoms with Gasteiger partial charge in [0.25, 0.3) is 11.5 Å². The summed E-state index contributed by atoms with van der Waals surface area (Å²) in [5, 5.41) is 24.0. The second-order valence-electron chi connectivity index (χ2n) is 9.98. The van der Waals surface area contributed by atoms with Crippen molar-refractivity contribution in [3.63, 3.8) is 0 Å². The second kappa shape index (κ2) is 12.0. The van der Waals surface area contributed by atoms with Crippen molar-refractivity contribution in [2.75, 3.05) is 44.7 Å². The molecule has 2 saturated heterocycles. The highest BCUT2D eigenvalue weighted by Crippen LogP contribution is 2.50. The summed E-state index contributed by atoms with van der Waals surface area (Å²) in [6.07, 6.45) is -12.8. The third-order valence-corrected chi connectivity index (χ3v) is 7.09. The molecule has 2 heterocycles.